The second-order valence-corrected chi connectivity index (χ2v) is 6.27. The molecule has 1 aliphatic rings. The molecule has 0 saturated carbocycles. The Morgan fingerprint density at radius 1 is 1.28 bits per heavy atom. The molecule has 6 nitrogen and oxygen atoms in total. The van der Waals surface area contributed by atoms with Crippen LogP contribution < -0.4 is 15.4 Å². The molecule has 2 N–H and O–H groups in total. The SMILES string of the molecule is CN=C(NCCc1ccccc1OC)NCC1CCCN1CCOC. The molecular weight excluding hydrogens is 316 g/mol. The Hall–Kier alpha value is -1.79. The summed E-state index contributed by atoms with van der Waals surface area (Å²) in [5.74, 6) is 1.79. The minimum absolute atomic E-state index is 0.558. The van der Waals surface area contributed by atoms with Gasteiger partial charge < -0.3 is 20.1 Å². The lowest BCUT2D eigenvalue weighted by atomic mass is 10.1. The first-order chi connectivity index (χ1) is 12.3. The number of ether oxygens (including phenoxy) is 2. The Morgan fingerprint density at radius 2 is 2.12 bits per heavy atom. The fraction of sp³-hybridized carbons (Fsp3) is 0.632. The molecule has 2 rings (SSSR count). The van der Waals surface area contributed by atoms with E-state index in [2.05, 4.69) is 26.6 Å². The number of benzene rings is 1. The number of hydrogen-bond donors (Lipinski definition) is 2. The summed E-state index contributed by atoms with van der Waals surface area (Å²) < 4.78 is 10.6. The van der Waals surface area contributed by atoms with E-state index in [4.69, 9.17) is 9.47 Å². The van der Waals surface area contributed by atoms with E-state index in [0.717, 1.165) is 50.9 Å². The van der Waals surface area contributed by atoms with Crippen molar-refractivity contribution in [3.63, 3.8) is 0 Å². The Kier molecular flexibility index (Phi) is 8.55. The van der Waals surface area contributed by atoms with Crippen LogP contribution in [-0.2, 0) is 11.2 Å². The fourth-order valence-corrected chi connectivity index (χ4v) is 3.29. The summed E-state index contributed by atoms with van der Waals surface area (Å²) in [6, 6.07) is 8.69. The van der Waals surface area contributed by atoms with Crippen LogP contribution in [0.4, 0.5) is 0 Å². The van der Waals surface area contributed by atoms with Crippen LogP contribution in [0.2, 0.25) is 0 Å². The van der Waals surface area contributed by atoms with Crippen LogP contribution in [0.1, 0.15) is 18.4 Å². The molecule has 0 bridgehead atoms. The van der Waals surface area contributed by atoms with Crippen LogP contribution >= 0.6 is 0 Å². The number of nitrogens with one attached hydrogen (secondary N) is 2. The summed E-state index contributed by atoms with van der Waals surface area (Å²) in [6.07, 6.45) is 3.39. The van der Waals surface area contributed by atoms with Gasteiger partial charge in [-0.15, -0.1) is 0 Å². The topological polar surface area (TPSA) is 58.1 Å². The maximum Gasteiger partial charge on any atom is 0.191 e. The smallest absolute Gasteiger partial charge is 0.191 e. The van der Waals surface area contributed by atoms with Gasteiger partial charge in [0.15, 0.2) is 5.96 Å². The molecule has 1 aromatic carbocycles. The zero-order chi connectivity index (χ0) is 17.9. The molecule has 1 aromatic rings. The average Bonchev–Trinajstić information content (AvgIpc) is 3.10. The standard InChI is InChI=1S/C19H32N4O2/c1-20-19(21-11-10-16-7-4-5-9-18(16)25-3)22-15-17-8-6-12-23(17)13-14-24-2/h4-5,7,9,17H,6,8,10-15H2,1-3H3,(H2,20,21,22). The molecular formula is C19H32N4O2. The predicted molar refractivity (Wildman–Crippen MR) is 103 cm³/mol. The third-order valence-electron chi connectivity index (χ3n) is 4.69. The molecule has 1 atom stereocenters. The minimum Gasteiger partial charge on any atom is -0.496 e. The molecule has 0 aliphatic carbocycles. The maximum atomic E-state index is 5.40. The second kappa shape index (κ2) is 10.9. The van der Waals surface area contributed by atoms with E-state index < -0.39 is 0 Å². The number of methoxy groups -OCH3 is 2. The van der Waals surface area contributed by atoms with Gasteiger partial charge in [0.1, 0.15) is 5.75 Å². The summed E-state index contributed by atoms with van der Waals surface area (Å²) in [4.78, 5) is 6.83. The van der Waals surface area contributed by atoms with E-state index >= 15 is 0 Å². The molecule has 140 valence electrons. The summed E-state index contributed by atoms with van der Waals surface area (Å²) in [5, 5.41) is 6.85. The van der Waals surface area contributed by atoms with Crippen LogP contribution in [0.15, 0.2) is 29.3 Å². The van der Waals surface area contributed by atoms with Gasteiger partial charge in [-0.1, -0.05) is 18.2 Å². The molecule has 1 unspecified atom stereocenters. The van der Waals surface area contributed by atoms with Gasteiger partial charge in [-0.2, -0.15) is 0 Å². The van der Waals surface area contributed by atoms with E-state index in [-0.39, 0.29) is 0 Å². The van der Waals surface area contributed by atoms with Gasteiger partial charge in [0.05, 0.1) is 13.7 Å². The highest BCUT2D eigenvalue weighted by Crippen LogP contribution is 2.17. The maximum absolute atomic E-state index is 5.40. The summed E-state index contributed by atoms with van der Waals surface area (Å²) >= 11 is 0. The summed E-state index contributed by atoms with van der Waals surface area (Å²) in [5.41, 5.74) is 1.20. The molecule has 0 aromatic heterocycles. The Labute approximate surface area is 151 Å². The molecule has 0 radical (unpaired) electrons. The van der Waals surface area contributed by atoms with Gasteiger partial charge in [-0.25, -0.2) is 0 Å². The third kappa shape index (κ3) is 6.21. The number of nitrogens with zero attached hydrogens (tertiary/aromatic N) is 2. The molecule has 0 amide bonds. The number of likely N-dealkylation sites (tertiary alicyclic amines) is 1. The van der Waals surface area contributed by atoms with Gasteiger partial charge in [0.25, 0.3) is 0 Å². The average molecular weight is 348 g/mol. The van der Waals surface area contributed by atoms with Crippen molar-refractivity contribution < 1.29 is 9.47 Å². The van der Waals surface area contributed by atoms with Crippen molar-refractivity contribution in [2.45, 2.75) is 25.3 Å². The largest absolute Gasteiger partial charge is 0.496 e. The highest BCUT2D eigenvalue weighted by atomic mass is 16.5. The zero-order valence-electron chi connectivity index (χ0n) is 15.8. The van der Waals surface area contributed by atoms with Crippen LogP contribution in [0.5, 0.6) is 5.75 Å². The predicted octanol–water partition coefficient (Wildman–Crippen LogP) is 1.51. The van der Waals surface area contributed by atoms with Gasteiger partial charge in [-0.05, 0) is 37.4 Å². The molecule has 25 heavy (non-hydrogen) atoms. The second-order valence-electron chi connectivity index (χ2n) is 6.27. The Balaban J connectivity index is 1.73. The molecule has 1 aliphatic heterocycles. The monoisotopic (exact) mass is 348 g/mol. The van der Waals surface area contributed by atoms with Crippen molar-refractivity contribution in [3.8, 4) is 5.75 Å². The van der Waals surface area contributed by atoms with Crippen LogP contribution in [-0.4, -0.2) is 71.0 Å². The highest BCUT2D eigenvalue weighted by molar-refractivity contribution is 5.79. The Morgan fingerprint density at radius 3 is 2.88 bits per heavy atom. The molecule has 1 fully saturated rings. The van der Waals surface area contributed by atoms with E-state index in [1.54, 1.807) is 14.2 Å². The van der Waals surface area contributed by atoms with Crippen molar-refractivity contribution in [2.24, 2.45) is 4.99 Å². The lowest BCUT2D eigenvalue weighted by Gasteiger charge is -2.25. The molecule has 1 saturated heterocycles. The van der Waals surface area contributed by atoms with E-state index in [1.165, 1.54) is 18.4 Å². The van der Waals surface area contributed by atoms with Gasteiger partial charge in [0.2, 0.25) is 0 Å². The van der Waals surface area contributed by atoms with Crippen molar-refractivity contribution in [2.75, 3.05) is 54.1 Å². The first-order valence-corrected chi connectivity index (χ1v) is 9.08. The van der Waals surface area contributed by atoms with Crippen molar-refractivity contribution >= 4 is 5.96 Å². The molecule has 1 heterocycles. The van der Waals surface area contributed by atoms with Crippen molar-refractivity contribution in [3.05, 3.63) is 29.8 Å². The van der Waals surface area contributed by atoms with Gasteiger partial charge in [-0.3, -0.25) is 9.89 Å². The number of aliphatic imine (C=N–C) groups is 1. The first kappa shape index (κ1) is 19.5. The normalized spacial score (nSPS) is 18.4. The lowest BCUT2D eigenvalue weighted by molar-refractivity contribution is 0.141. The van der Waals surface area contributed by atoms with Crippen LogP contribution in [0.3, 0.4) is 0 Å². The third-order valence-corrected chi connectivity index (χ3v) is 4.69. The number of para-hydroxylation sites is 1. The number of rotatable bonds is 9. The Bertz CT molecular complexity index is 536. The van der Waals surface area contributed by atoms with Crippen molar-refractivity contribution in [1.29, 1.82) is 0 Å². The lowest BCUT2D eigenvalue weighted by Crippen LogP contribution is -2.45. The quantitative estimate of drug-likeness (QED) is 0.523. The summed E-state index contributed by atoms with van der Waals surface area (Å²) in [6.45, 7) is 4.69. The molecule has 0 spiro atoms. The fourth-order valence-electron chi connectivity index (χ4n) is 3.29. The van der Waals surface area contributed by atoms with Crippen LogP contribution in [0, 0.1) is 0 Å². The first-order valence-electron chi connectivity index (χ1n) is 9.08. The highest BCUT2D eigenvalue weighted by Gasteiger charge is 2.23. The molecule has 6 heteroatoms. The van der Waals surface area contributed by atoms with E-state index in [1.807, 2.05) is 25.2 Å². The number of guanidine groups is 1. The minimum atomic E-state index is 0.558. The number of hydrogen-bond acceptors (Lipinski definition) is 4. The zero-order valence-corrected chi connectivity index (χ0v) is 15.8. The van der Waals surface area contributed by atoms with Gasteiger partial charge in [0, 0.05) is 39.8 Å². The summed E-state index contributed by atoms with van der Waals surface area (Å²) in [7, 11) is 5.29. The van der Waals surface area contributed by atoms with Crippen molar-refractivity contribution in [1.82, 2.24) is 15.5 Å². The van der Waals surface area contributed by atoms with Gasteiger partial charge >= 0.3 is 0 Å². The van der Waals surface area contributed by atoms with E-state index in [0.29, 0.717) is 6.04 Å². The van der Waals surface area contributed by atoms with Crippen LogP contribution in [0.25, 0.3) is 0 Å². The van der Waals surface area contributed by atoms with E-state index in [9.17, 15) is 0 Å².